The van der Waals surface area contributed by atoms with Crippen molar-refractivity contribution < 1.29 is 4.74 Å². The molecule has 1 saturated carbocycles. The first kappa shape index (κ1) is 12.3. The molecule has 2 rings (SSSR count). The van der Waals surface area contributed by atoms with E-state index in [1.165, 1.54) is 32.1 Å². The largest absolute Gasteiger partial charge is 0.371 e. The Hall–Kier alpha value is -0.120. The number of rotatable bonds is 5. The molecule has 2 aliphatic rings. The Kier molecular flexibility index (Phi) is 4.22. The lowest BCUT2D eigenvalue weighted by Crippen LogP contribution is -2.59. The van der Waals surface area contributed by atoms with E-state index in [9.17, 15) is 0 Å². The molecule has 1 aliphatic heterocycles. The third kappa shape index (κ3) is 3.19. The SMILES string of the molecule is CN(CCOC1(C)CNC1)C1CCCCC1. The predicted octanol–water partition coefficient (Wildman–Crippen LogP) is 1.63. The van der Waals surface area contributed by atoms with Gasteiger partial charge in [0.1, 0.15) is 0 Å². The van der Waals surface area contributed by atoms with Crippen molar-refractivity contribution in [1.82, 2.24) is 10.2 Å². The smallest absolute Gasteiger partial charge is 0.0902 e. The maximum Gasteiger partial charge on any atom is 0.0902 e. The highest BCUT2D eigenvalue weighted by Gasteiger charge is 2.32. The van der Waals surface area contributed by atoms with Crippen LogP contribution < -0.4 is 5.32 Å². The average Bonchev–Trinajstić information content (AvgIpc) is 2.28. The molecule has 3 nitrogen and oxygen atoms in total. The van der Waals surface area contributed by atoms with Crippen molar-refractivity contribution in [2.75, 3.05) is 33.3 Å². The summed E-state index contributed by atoms with van der Waals surface area (Å²) >= 11 is 0. The Bertz CT molecular complexity index is 210. The molecule has 0 unspecified atom stereocenters. The monoisotopic (exact) mass is 226 g/mol. The van der Waals surface area contributed by atoms with Crippen LogP contribution in [0.5, 0.6) is 0 Å². The first-order valence-corrected chi connectivity index (χ1v) is 6.75. The summed E-state index contributed by atoms with van der Waals surface area (Å²) in [5.74, 6) is 0. The molecule has 0 amide bonds. The summed E-state index contributed by atoms with van der Waals surface area (Å²) < 4.78 is 5.92. The van der Waals surface area contributed by atoms with Gasteiger partial charge in [0.15, 0.2) is 0 Å². The van der Waals surface area contributed by atoms with E-state index >= 15 is 0 Å². The highest BCUT2D eigenvalue weighted by molar-refractivity contribution is 4.90. The van der Waals surface area contributed by atoms with Crippen LogP contribution >= 0.6 is 0 Å². The van der Waals surface area contributed by atoms with E-state index in [4.69, 9.17) is 4.74 Å². The van der Waals surface area contributed by atoms with Crippen molar-refractivity contribution in [3.63, 3.8) is 0 Å². The molecule has 94 valence electrons. The lowest BCUT2D eigenvalue weighted by atomic mass is 9.94. The Labute approximate surface area is 99.5 Å². The van der Waals surface area contributed by atoms with E-state index in [0.717, 1.165) is 32.3 Å². The van der Waals surface area contributed by atoms with Gasteiger partial charge in [-0.3, -0.25) is 0 Å². The minimum Gasteiger partial charge on any atom is -0.371 e. The molecule has 0 spiro atoms. The first-order chi connectivity index (χ1) is 7.70. The first-order valence-electron chi connectivity index (χ1n) is 6.75. The van der Waals surface area contributed by atoms with Crippen LogP contribution in [0, 0.1) is 0 Å². The molecular weight excluding hydrogens is 200 g/mol. The molecule has 1 heterocycles. The fourth-order valence-corrected chi connectivity index (χ4v) is 2.72. The van der Waals surface area contributed by atoms with Crippen molar-refractivity contribution in [1.29, 1.82) is 0 Å². The Morgan fingerprint density at radius 2 is 1.94 bits per heavy atom. The van der Waals surface area contributed by atoms with Crippen molar-refractivity contribution in [2.45, 2.75) is 50.7 Å². The van der Waals surface area contributed by atoms with Gasteiger partial charge in [0.25, 0.3) is 0 Å². The summed E-state index contributed by atoms with van der Waals surface area (Å²) in [6, 6.07) is 0.810. The maximum absolute atomic E-state index is 5.92. The van der Waals surface area contributed by atoms with Crippen LogP contribution in [-0.2, 0) is 4.74 Å². The van der Waals surface area contributed by atoms with Crippen molar-refractivity contribution >= 4 is 0 Å². The number of nitrogens with one attached hydrogen (secondary N) is 1. The van der Waals surface area contributed by atoms with Gasteiger partial charge in [-0.2, -0.15) is 0 Å². The zero-order valence-electron chi connectivity index (χ0n) is 10.8. The highest BCUT2D eigenvalue weighted by Crippen LogP contribution is 2.21. The second-order valence-corrected chi connectivity index (χ2v) is 5.67. The second-order valence-electron chi connectivity index (χ2n) is 5.67. The van der Waals surface area contributed by atoms with Crippen LogP contribution in [0.2, 0.25) is 0 Å². The molecule has 0 radical (unpaired) electrons. The Morgan fingerprint density at radius 1 is 1.25 bits per heavy atom. The average molecular weight is 226 g/mol. The fourth-order valence-electron chi connectivity index (χ4n) is 2.72. The number of hydrogen-bond donors (Lipinski definition) is 1. The number of hydrogen-bond acceptors (Lipinski definition) is 3. The minimum absolute atomic E-state index is 0.118. The van der Waals surface area contributed by atoms with Gasteiger partial charge in [-0.1, -0.05) is 19.3 Å². The van der Waals surface area contributed by atoms with E-state index in [2.05, 4.69) is 24.2 Å². The molecular formula is C13H26N2O. The topological polar surface area (TPSA) is 24.5 Å². The molecule has 2 fully saturated rings. The maximum atomic E-state index is 5.92. The van der Waals surface area contributed by atoms with E-state index < -0.39 is 0 Å². The standard InChI is InChI=1S/C13H26N2O/c1-13(10-14-11-13)16-9-8-15(2)12-6-4-3-5-7-12/h12,14H,3-11H2,1-2H3. The molecule has 3 heteroatoms. The third-order valence-electron chi connectivity index (χ3n) is 4.09. The summed E-state index contributed by atoms with van der Waals surface area (Å²) in [5, 5.41) is 3.26. The fraction of sp³-hybridized carbons (Fsp3) is 1.00. The van der Waals surface area contributed by atoms with Gasteiger partial charge >= 0.3 is 0 Å². The lowest BCUT2D eigenvalue weighted by molar-refractivity contribution is -0.0734. The molecule has 1 aliphatic carbocycles. The van der Waals surface area contributed by atoms with Crippen LogP contribution in [-0.4, -0.2) is 49.8 Å². The zero-order chi connectivity index (χ0) is 11.4. The Balaban J connectivity index is 1.61. The van der Waals surface area contributed by atoms with Crippen LogP contribution in [0.1, 0.15) is 39.0 Å². The molecule has 16 heavy (non-hydrogen) atoms. The van der Waals surface area contributed by atoms with Gasteiger partial charge in [-0.15, -0.1) is 0 Å². The summed E-state index contributed by atoms with van der Waals surface area (Å²) in [4.78, 5) is 2.49. The van der Waals surface area contributed by atoms with Gasteiger partial charge < -0.3 is 15.0 Å². The van der Waals surface area contributed by atoms with Crippen LogP contribution in [0.3, 0.4) is 0 Å². The molecule has 0 aromatic rings. The summed E-state index contributed by atoms with van der Waals surface area (Å²) in [5.41, 5.74) is 0.118. The summed E-state index contributed by atoms with van der Waals surface area (Å²) in [7, 11) is 2.25. The van der Waals surface area contributed by atoms with Gasteiger partial charge in [-0.25, -0.2) is 0 Å². The summed E-state index contributed by atoms with van der Waals surface area (Å²) in [6.07, 6.45) is 7.03. The van der Waals surface area contributed by atoms with Crippen LogP contribution in [0.15, 0.2) is 0 Å². The molecule has 0 bridgehead atoms. The van der Waals surface area contributed by atoms with Crippen molar-refractivity contribution in [2.24, 2.45) is 0 Å². The van der Waals surface area contributed by atoms with Gasteiger partial charge in [0.05, 0.1) is 12.2 Å². The van der Waals surface area contributed by atoms with Crippen LogP contribution in [0.4, 0.5) is 0 Å². The Morgan fingerprint density at radius 3 is 2.50 bits per heavy atom. The third-order valence-corrected chi connectivity index (χ3v) is 4.09. The van der Waals surface area contributed by atoms with Crippen molar-refractivity contribution in [3.8, 4) is 0 Å². The number of ether oxygens (including phenoxy) is 1. The lowest BCUT2D eigenvalue weighted by Gasteiger charge is -2.40. The summed E-state index contributed by atoms with van der Waals surface area (Å²) in [6.45, 7) is 6.19. The zero-order valence-corrected chi connectivity index (χ0v) is 10.8. The molecule has 0 aromatic heterocycles. The molecule has 1 N–H and O–H groups in total. The van der Waals surface area contributed by atoms with E-state index in [1.54, 1.807) is 0 Å². The number of likely N-dealkylation sites (N-methyl/N-ethyl adjacent to an activating group) is 1. The highest BCUT2D eigenvalue weighted by atomic mass is 16.5. The van der Waals surface area contributed by atoms with Crippen LogP contribution in [0.25, 0.3) is 0 Å². The van der Waals surface area contributed by atoms with Crippen molar-refractivity contribution in [3.05, 3.63) is 0 Å². The van der Waals surface area contributed by atoms with Gasteiger partial charge in [-0.05, 0) is 26.8 Å². The molecule has 0 atom stereocenters. The van der Waals surface area contributed by atoms with Gasteiger partial charge in [0, 0.05) is 25.7 Å². The molecule has 1 saturated heterocycles. The van der Waals surface area contributed by atoms with E-state index in [-0.39, 0.29) is 5.60 Å². The minimum atomic E-state index is 0.118. The van der Waals surface area contributed by atoms with E-state index in [0.29, 0.717) is 0 Å². The normalized spacial score (nSPS) is 25.7. The second kappa shape index (κ2) is 5.48. The number of nitrogens with zero attached hydrogens (tertiary/aromatic N) is 1. The van der Waals surface area contributed by atoms with E-state index in [1.807, 2.05) is 0 Å². The predicted molar refractivity (Wildman–Crippen MR) is 66.7 cm³/mol. The van der Waals surface area contributed by atoms with Gasteiger partial charge in [0.2, 0.25) is 0 Å². The molecule has 0 aromatic carbocycles. The quantitative estimate of drug-likeness (QED) is 0.771.